The van der Waals surface area contributed by atoms with E-state index in [4.69, 9.17) is 5.73 Å². The van der Waals surface area contributed by atoms with E-state index in [1.165, 1.54) is 0 Å². The highest BCUT2D eigenvalue weighted by Gasteiger charge is 1.96. The van der Waals surface area contributed by atoms with E-state index < -0.39 is 0 Å². The molecule has 0 fully saturated rings. The van der Waals surface area contributed by atoms with E-state index in [1.54, 1.807) is 6.20 Å². The number of anilines is 1. The van der Waals surface area contributed by atoms with Crippen molar-refractivity contribution >= 4 is 17.6 Å². The van der Waals surface area contributed by atoms with Crippen LogP contribution in [0, 0.1) is 0 Å². The summed E-state index contributed by atoms with van der Waals surface area (Å²) in [6.45, 7) is 2.14. The van der Waals surface area contributed by atoms with Crippen molar-refractivity contribution in [1.82, 2.24) is 4.98 Å². The van der Waals surface area contributed by atoms with Gasteiger partial charge >= 0.3 is 0 Å². The van der Waals surface area contributed by atoms with Crippen LogP contribution < -0.4 is 5.73 Å². The Morgan fingerprint density at radius 3 is 3.09 bits per heavy atom. The minimum absolute atomic E-state index is 0.661. The molecule has 0 bridgehead atoms. The first-order chi connectivity index (χ1) is 5.34. The Labute approximate surface area is 71.2 Å². The second-order valence-electron chi connectivity index (χ2n) is 2.18. The predicted octanol–water partition coefficient (Wildman–Crippen LogP) is 1.92. The molecular weight excluding hydrogens is 156 g/mol. The lowest BCUT2D eigenvalue weighted by Gasteiger charge is -2.01. The van der Waals surface area contributed by atoms with Crippen LogP contribution in [0.4, 0.5) is 5.82 Å². The van der Waals surface area contributed by atoms with Crippen LogP contribution in [0.2, 0.25) is 0 Å². The van der Waals surface area contributed by atoms with Gasteiger partial charge in [0.25, 0.3) is 0 Å². The largest absolute Gasteiger partial charge is 0.383 e. The maximum Gasteiger partial charge on any atom is 0.127 e. The van der Waals surface area contributed by atoms with Gasteiger partial charge in [-0.1, -0.05) is 13.0 Å². The van der Waals surface area contributed by atoms with Gasteiger partial charge in [0, 0.05) is 17.5 Å². The Morgan fingerprint density at radius 1 is 1.64 bits per heavy atom. The highest BCUT2D eigenvalue weighted by atomic mass is 32.2. The van der Waals surface area contributed by atoms with Crippen LogP contribution in [0.5, 0.6) is 0 Å². The molecule has 2 nitrogen and oxygen atoms in total. The number of nitrogens with zero attached hydrogens (tertiary/aromatic N) is 1. The molecule has 0 amide bonds. The minimum atomic E-state index is 0.661. The van der Waals surface area contributed by atoms with Crippen molar-refractivity contribution in [3.05, 3.63) is 23.9 Å². The number of pyridine rings is 1. The second-order valence-corrected chi connectivity index (χ2v) is 3.46. The van der Waals surface area contributed by atoms with Crippen molar-refractivity contribution in [2.75, 3.05) is 11.5 Å². The molecule has 60 valence electrons. The molecule has 0 aliphatic carbocycles. The predicted molar refractivity (Wildman–Crippen MR) is 50.5 cm³/mol. The third-order valence-corrected chi connectivity index (χ3v) is 2.31. The van der Waals surface area contributed by atoms with Gasteiger partial charge < -0.3 is 5.73 Å². The number of nitrogen functional groups attached to an aromatic ring is 1. The monoisotopic (exact) mass is 168 g/mol. The number of rotatable bonds is 3. The molecule has 1 rings (SSSR count). The van der Waals surface area contributed by atoms with Gasteiger partial charge in [0.15, 0.2) is 0 Å². The Kier molecular flexibility index (Phi) is 3.23. The van der Waals surface area contributed by atoms with E-state index in [2.05, 4.69) is 11.9 Å². The molecular formula is C8H12N2S. The first kappa shape index (κ1) is 8.40. The van der Waals surface area contributed by atoms with Gasteiger partial charge in [0.2, 0.25) is 0 Å². The molecule has 2 N–H and O–H groups in total. The lowest BCUT2D eigenvalue weighted by Crippen LogP contribution is -1.95. The summed E-state index contributed by atoms with van der Waals surface area (Å²) in [7, 11) is 0. The maximum absolute atomic E-state index is 5.64. The second kappa shape index (κ2) is 4.23. The first-order valence-corrected chi connectivity index (χ1v) is 4.77. The highest BCUT2D eigenvalue weighted by Crippen LogP contribution is 2.15. The number of aromatic nitrogens is 1. The normalized spacial score (nSPS) is 9.91. The molecule has 1 aromatic heterocycles. The molecule has 1 aromatic rings. The van der Waals surface area contributed by atoms with Crippen molar-refractivity contribution in [3.63, 3.8) is 0 Å². The van der Waals surface area contributed by atoms with Crippen LogP contribution in [0.3, 0.4) is 0 Å². The zero-order chi connectivity index (χ0) is 8.10. The molecule has 3 heteroatoms. The van der Waals surface area contributed by atoms with Gasteiger partial charge in [-0.2, -0.15) is 11.8 Å². The summed E-state index contributed by atoms with van der Waals surface area (Å²) < 4.78 is 0. The molecule has 0 saturated carbocycles. The van der Waals surface area contributed by atoms with E-state index in [0.29, 0.717) is 5.82 Å². The van der Waals surface area contributed by atoms with Gasteiger partial charge in [-0.3, -0.25) is 0 Å². The van der Waals surface area contributed by atoms with E-state index in [1.807, 2.05) is 23.9 Å². The topological polar surface area (TPSA) is 38.9 Å². The van der Waals surface area contributed by atoms with Crippen LogP contribution in [-0.4, -0.2) is 10.7 Å². The van der Waals surface area contributed by atoms with Crippen molar-refractivity contribution < 1.29 is 0 Å². The lowest BCUT2D eigenvalue weighted by molar-refractivity contribution is 1.26. The third-order valence-electron chi connectivity index (χ3n) is 1.39. The number of hydrogen-bond donors (Lipinski definition) is 1. The summed E-state index contributed by atoms with van der Waals surface area (Å²) >= 11 is 1.86. The number of nitrogens with two attached hydrogens (primary N) is 1. The Bertz CT molecular complexity index is 225. The van der Waals surface area contributed by atoms with E-state index in [9.17, 15) is 0 Å². The Balaban J connectivity index is 2.62. The van der Waals surface area contributed by atoms with Crippen LogP contribution in [-0.2, 0) is 5.75 Å². The van der Waals surface area contributed by atoms with E-state index >= 15 is 0 Å². The van der Waals surface area contributed by atoms with E-state index in [-0.39, 0.29) is 0 Å². The quantitative estimate of drug-likeness (QED) is 0.749. The standard InChI is InChI=1S/C8H12N2S/c1-2-11-6-7-4-3-5-10-8(7)9/h3-5H,2,6H2,1H3,(H2,9,10). The van der Waals surface area contributed by atoms with Crippen molar-refractivity contribution in [1.29, 1.82) is 0 Å². The van der Waals surface area contributed by atoms with Gasteiger partial charge in [-0.05, 0) is 11.8 Å². The van der Waals surface area contributed by atoms with Crippen molar-refractivity contribution in [3.8, 4) is 0 Å². The van der Waals surface area contributed by atoms with Gasteiger partial charge in [-0.15, -0.1) is 0 Å². The van der Waals surface area contributed by atoms with Crippen LogP contribution in [0.25, 0.3) is 0 Å². The average Bonchev–Trinajstić information content (AvgIpc) is 2.03. The number of thioether (sulfide) groups is 1. The fraction of sp³-hybridized carbons (Fsp3) is 0.375. The molecule has 0 aliphatic heterocycles. The molecule has 1 heterocycles. The Morgan fingerprint density at radius 2 is 2.45 bits per heavy atom. The number of hydrogen-bond acceptors (Lipinski definition) is 3. The lowest BCUT2D eigenvalue weighted by atomic mass is 10.3. The molecule has 0 radical (unpaired) electrons. The minimum Gasteiger partial charge on any atom is -0.383 e. The van der Waals surface area contributed by atoms with Crippen molar-refractivity contribution in [2.24, 2.45) is 0 Å². The SMILES string of the molecule is CCSCc1cccnc1N. The van der Waals surface area contributed by atoms with Gasteiger partial charge in [-0.25, -0.2) is 4.98 Å². The van der Waals surface area contributed by atoms with Crippen LogP contribution >= 0.6 is 11.8 Å². The molecule has 0 spiro atoms. The molecule has 0 aliphatic rings. The maximum atomic E-state index is 5.64. The van der Waals surface area contributed by atoms with E-state index in [0.717, 1.165) is 17.1 Å². The van der Waals surface area contributed by atoms with Crippen molar-refractivity contribution in [2.45, 2.75) is 12.7 Å². The third kappa shape index (κ3) is 2.42. The van der Waals surface area contributed by atoms with Gasteiger partial charge in [0.1, 0.15) is 5.82 Å². The fourth-order valence-electron chi connectivity index (χ4n) is 0.785. The van der Waals surface area contributed by atoms with Crippen LogP contribution in [0.15, 0.2) is 18.3 Å². The molecule has 0 aromatic carbocycles. The highest BCUT2D eigenvalue weighted by molar-refractivity contribution is 7.98. The molecule has 0 atom stereocenters. The summed E-state index contributed by atoms with van der Waals surface area (Å²) in [4.78, 5) is 4.00. The smallest absolute Gasteiger partial charge is 0.127 e. The zero-order valence-electron chi connectivity index (χ0n) is 6.58. The van der Waals surface area contributed by atoms with Gasteiger partial charge in [0.05, 0.1) is 0 Å². The summed E-state index contributed by atoms with van der Waals surface area (Å²) in [5.41, 5.74) is 6.78. The fourth-order valence-corrected chi connectivity index (χ4v) is 1.45. The summed E-state index contributed by atoms with van der Waals surface area (Å²) in [5, 5.41) is 0. The molecule has 0 unspecified atom stereocenters. The molecule has 11 heavy (non-hydrogen) atoms. The summed E-state index contributed by atoms with van der Waals surface area (Å²) in [6, 6.07) is 3.94. The summed E-state index contributed by atoms with van der Waals surface area (Å²) in [6.07, 6.45) is 1.72. The first-order valence-electron chi connectivity index (χ1n) is 3.61. The zero-order valence-corrected chi connectivity index (χ0v) is 7.40. The average molecular weight is 168 g/mol. The van der Waals surface area contributed by atoms with Crippen LogP contribution in [0.1, 0.15) is 12.5 Å². The molecule has 0 saturated heterocycles. The summed E-state index contributed by atoms with van der Waals surface area (Å²) in [5.74, 6) is 2.75. The Hall–Kier alpha value is -0.700.